The Hall–Kier alpha value is -2.13. The summed E-state index contributed by atoms with van der Waals surface area (Å²) in [5.41, 5.74) is 0. The van der Waals surface area contributed by atoms with Gasteiger partial charge in [0.25, 0.3) is 0 Å². The summed E-state index contributed by atoms with van der Waals surface area (Å²) in [7, 11) is 0. The van der Waals surface area contributed by atoms with Gasteiger partial charge in [-0.25, -0.2) is 0 Å². The number of rotatable bonds is 5. The summed E-state index contributed by atoms with van der Waals surface area (Å²) in [6.45, 7) is 4.61. The summed E-state index contributed by atoms with van der Waals surface area (Å²) in [5, 5.41) is 0. The molecule has 0 radical (unpaired) electrons. The molecule has 1 aliphatic carbocycles. The summed E-state index contributed by atoms with van der Waals surface area (Å²) in [4.78, 5) is 13.3. The minimum absolute atomic E-state index is 0.267. The van der Waals surface area contributed by atoms with E-state index in [-0.39, 0.29) is 6.04 Å². The van der Waals surface area contributed by atoms with Crippen molar-refractivity contribution in [2.45, 2.75) is 38.6 Å². The third kappa shape index (κ3) is 8.82. The second-order valence-corrected chi connectivity index (χ2v) is 6.83. The highest BCUT2D eigenvalue weighted by Gasteiger charge is 2.26. The summed E-state index contributed by atoms with van der Waals surface area (Å²) in [6.07, 6.45) is 4.41. The summed E-state index contributed by atoms with van der Waals surface area (Å²) < 4.78 is 5.59. The highest BCUT2D eigenvalue weighted by atomic mass is 16.5. The molecule has 1 amide bonds. The van der Waals surface area contributed by atoms with E-state index in [1.54, 1.807) is 0 Å². The lowest BCUT2D eigenvalue weighted by Gasteiger charge is -2.23. The van der Waals surface area contributed by atoms with Gasteiger partial charge in [-0.1, -0.05) is 72.8 Å². The highest BCUT2D eigenvalue weighted by Crippen LogP contribution is 2.28. The molecule has 2 aromatic rings. The van der Waals surface area contributed by atoms with Crippen molar-refractivity contribution in [2.24, 2.45) is 5.92 Å². The zero-order valence-electron chi connectivity index (χ0n) is 15.8. The van der Waals surface area contributed by atoms with Gasteiger partial charge < -0.3 is 9.64 Å². The first kappa shape index (κ1) is 20.2. The second kappa shape index (κ2) is 12.3. The highest BCUT2D eigenvalue weighted by molar-refractivity contribution is 5.78. The fourth-order valence-electron chi connectivity index (χ4n) is 2.68. The van der Waals surface area contributed by atoms with E-state index in [9.17, 15) is 4.79 Å². The maximum Gasteiger partial charge on any atom is 0.222 e. The van der Waals surface area contributed by atoms with Crippen LogP contribution < -0.4 is 0 Å². The van der Waals surface area contributed by atoms with Crippen molar-refractivity contribution in [1.82, 2.24) is 4.90 Å². The number of carbonyl (C=O) groups is 1. The second-order valence-electron chi connectivity index (χ2n) is 6.83. The molecule has 140 valence electrons. The average Bonchev–Trinajstić information content (AvgIpc) is 3.43. The predicted molar refractivity (Wildman–Crippen MR) is 107 cm³/mol. The Kier molecular flexibility index (Phi) is 9.52. The molecule has 1 unspecified atom stereocenters. The molecule has 3 heteroatoms. The van der Waals surface area contributed by atoms with Crippen LogP contribution in [0.25, 0.3) is 0 Å². The van der Waals surface area contributed by atoms with Crippen LogP contribution in [0.5, 0.6) is 0 Å². The van der Waals surface area contributed by atoms with Crippen molar-refractivity contribution in [2.75, 3.05) is 19.8 Å². The van der Waals surface area contributed by atoms with E-state index in [0.717, 1.165) is 31.9 Å². The summed E-state index contributed by atoms with van der Waals surface area (Å²) >= 11 is 0. The quantitative estimate of drug-likeness (QED) is 0.773. The van der Waals surface area contributed by atoms with Crippen molar-refractivity contribution in [3.05, 3.63) is 72.8 Å². The molecule has 2 aliphatic rings. The number of likely N-dealkylation sites (tertiary alicyclic amines) is 1. The molecule has 1 saturated heterocycles. The minimum Gasteiger partial charge on any atom is -0.379 e. The van der Waals surface area contributed by atoms with Crippen molar-refractivity contribution >= 4 is 5.91 Å². The Bertz CT molecular complexity index is 499. The van der Waals surface area contributed by atoms with E-state index < -0.39 is 0 Å². The molecule has 26 heavy (non-hydrogen) atoms. The SMILES string of the molecule is CC(COCC1CC1)N1CCCC1=O.c1ccccc1.c1ccccc1. The average molecular weight is 354 g/mol. The molecule has 0 N–H and O–H groups in total. The van der Waals surface area contributed by atoms with Crippen LogP contribution in [0.15, 0.2) is 72.8 Å². The Morgan fingerprint density at radius 2 is 1.38 bits per heavy atom. The molecule has 2 fully saturated rings. The standard InChI is InChI=1S/C11H19NO2.2C6H6/c1-9(7-14-8-10-4-5-10)12-6-2-3-11(12)13;2*1-2-4-6-5-3-1/h9-10H,2-8H2,1H3;2*1-6H. The van der Waals surface area contributed by atoms with Crippen LogP contribution in [0.3, 0.4) is 0 Å². The van der Waals surface area contributed by atoms with Crippen molar-refractivity contribution in [3.63, 3.8) is 0 Å². The predicted octanol–water partition coefficient (Wildman–Crippen LogP) is 4.80. The van der Waals surface area contributed by atoms with Gasteiger partial charge in [-0.05, 0) is 32.1 Å². The fourth-order valence-corrected chi connectivity index (χ4v) is 2.68. The van der Waals surface area contributed by atoms with Gasteiger partial charge in [-0.2, -0.15) is 0 Å². The zero-order chi connectivity index (χ0) is 18.5. The molecule has 0 aromatic heterocycles. The maximum atomic E-state index is 11.4. The monoisotopic (exact) mass is 353 g/mol. The topological polar surface area (TPSA) is 29.5 Å². The van der Waals surface area contributed by atoms with Gasteiger partial charge in [-0.15, -0.1) is 0 Å². The van der Waals surface area contributed by atoms with Gasteiger partial charge in [0, 0.05) is 19.6 Å². The number of hydrogen-bond donors (Lipinski definition) is 0. The molecule has 0 bridgehead atoms. The van der Waals surface area contributed by atoms with Crippen LogP contribution >= 0.6 is 0 Å². The fraction of sp³-hybridized carbons (Fsp3) is 0.435. The lowest BCUT2D eigenvalue weighted by atomic mass is 10.3. The lowest BCUT2D eigenvalue weighted by Crippen LogP contribution is -2.37. The minimum atomic E-state index is 0.267. The van der Waals surface area contributed by atoms with Crippen molar-refractivity contribution < 1.29 is 9.53 Å². The van der Waals surface area contributed by atoms with E-state index in [2.05, 4.69) is 6.92 Å². The third-order valence-corrected chi connectivity index (χ3v) is 4.38. The Balaban J connectivity index is 0.000000166. The molecular formula is C23H31NO2. The number of ether oxygens (including phenoxy) is 1. The van der Waals surface area contributed by atoms with Crippen LogP contribution in [0.1, 0.15) is 32.6 Å². The number of amides is 1. The van der Waals surface area contributed by atoms with E-state index in [1.165, 1.54) is 12.8 Å². The zero-order valence-corrected chi connectivity index (χ0v) is 15.8. The van der Waals surface area contributed by atoms with Gasteiger partial charge in [0.2, 0.25) is 5.91 Å². The van der Waals surface area contributed by atoms with Gasteiger partial charge >= 0.3 is 0 Å². The molecule has 1 heterocycles. The molecule has 1 atom stereocenters. The van der Waals surface area contributed by atoms with E-state index in [0.29, 0.717) is 12.5 Å². The van der Waals surface area contributed by atoms with E-state index >= 15 is 0 Å². The van der Waals surface area contributed by atoms with Gasteiger partial charge in [0.05, 0.1) is 12.6 Å². The van der Waals surface area contributed by atoms with Crippen LogP contribution in [-0.4, -0.2) is 36.6 Å². The van der Waals surface area contributed by atoms with E-state index in [1.807, 2.05) is 77.7 Å². The molecular weight excluding hydrogens is 322 g/mol. The first-order chi connectivity index (χ1) is 12.8. The van der Waals surface area contributed by atoms with Gasteiger partial charge in [0.1, 0.15) is 0 Å². The Labute approximate surface area is 158 Å². The van der Waals surface area contributed by atoms with Crippen molar-refractivity contribution in [3.8, 4) is 0 Å². The smallest absolute Gasteiger partial charge is 0.222 e. The number of nitrogens with zero attached hydrogens (tertiary/aromatic N) is 1. The number of hydrogen-bond acceptors (Lipinski definition) is 2. The van der Waals surface area contributed by atoms with Gasteiger partial charge in [-0.3, -0.25) is 4.79 Å². The van der Waals surface area contributed by atoms with E-state index in [4.69, 9.17) is 4.74 Å². The van der Waals surface area contributed by atoms with Crippen LogP contribution in [0.4, 0.5) is 0 Å². The van der Waals surface area contributed by atoms with Crippen LogP contribution in [-0.2, 0) is 9.53 Å². The number of benzene rings is 2. The summed E-state index contributed by atoms with van der Waals surface area (Å²) in [5.74, 6) is 1.11. The normalized spacial score (nSPS) is 16.8. The molecule has 3 nitrogen and oxygen atoms in total. The summed E-state index contributed by atoms with van der Waals surface area (Å²) in [6, 6.07) is 24.3. The molecule has 0 spiro atoms. The third-order valence-electron chi connectivity index (χ3n) is 4.38. The van der Waals surface area contributed by atoms with Gasteiger partial charge in [0.15, 0.2) is 0 Å². The molecule has 4 rings (SSSR count). The van der Waals surface area contributed by atoms with Crippen LogP contribution in [0, 0.1) is 5.92 Å². The Morgan fingerprint density at radius 1 is 0.923 bits per heavy atom. The molecule has 2 aromatic carbocycles. The molecule has 1 aliphatic heterocycles. The molecule has 1 saturated carbocycles. The van der Waals surface area contributed by atoms with Crippen LogP contribution in [0.2, 0.25) is 0 Å². The first-order valence-electron chi connectivity index (χ1n) is 9.64. The maximum absolute atomic E-state index is 11.4. The first-order valence-corrected chi connectivity index (χ1v) is 9.64. The van der Waals surface area contributed by atoms with Crippen molar-refractivity contribution in [1.29, 1.82) is 0 Å². The largest absolute Gasteiger partial charge is 0.379 e. The Morgan fingerprint density at radius 3 is 1.73 bits per heavy atom. The number of carbonyl (C=O) groups excluding carboxylic acids is 1. The lowest BCUT2D eigenvalue weighted by molar-refractivity contribution is -0.130.